The van der Waals surface area contributed by atoms with Gasteiger partial charge in [0, 0.05) is 5.02 Å². The molecule has 11 heteroatoms. The Labute approximate surface area is 160 Å². The highest BCUT2D eigenvalue weighted by Gasteiger charge is 2.69. The second-order valence-corrected chi connectivity index (χ2v) is 6.17. The van der Waals surface area contributed by atoms with Gasteiger partial charge in [-0.25, -0.2) is 14.1 Å². The Morgan fingerprint density at radius 3 is 2.39 bits per heavy atom. The number of carbonyl (C=O) groups is 3. The Kier molecular flexibility index (Phi) is 4.76. The molecule has 1 aliphatic rings. The fourth-order valence-corrected chi connectivity index (χ4v) is 2.79. The maximum atomic E-state index is 13.8. The van der Waals surface area contributed by atoms with Crippen LogP contribution in [0.2, 0.25) is 5.02 Å². The van der Waals surface area contributed by atoms with Gasteiger partial charge in [-0.2, -0.15) is 13.2 Å². The van der Waals surface area contributed by atoms with Gasteiger partial charge in [0.1, 0.15) is 5.82 Å². The number of carbonyl (C=O) groups excluding carboxylic acids is 3. The molecule has 1 saturated heterocycles. The van der Waals surface area contributed by atoms with Crippen LogP contribution in [0.15, 0.2) is 48.5 Å². The van der Waals surface area contributed by atoms with Crippen LogP contribution in [0.3, 0.4) is 0 Å². The monoisotopic (exact) mass is 415 g/mol. The predicted molar refractivity (Wildman–Crippen MR) is 90.1 cm³/mol. The molecule has 1 heterocycles. The number of alkyl halides is 3. The van der Waals surface area contributed by atoms with E-state index in [1.165, 1.54) is 41.0 Å². The van der Waals surface area contributed by atoms with E-state index in [0.717, 1.165) is 18.2 Å². The number of imide groups is 1. The van der Waals surface area contributed by atoms with E-state index >= 15 is 0 Å². The van der Waals surface area contributed by atoms with Crippen LogP contribution in [0.4, 0.5) is 28.0 Å². The molecule has 0 bridgehead atoms. The summed E-state index contributed by atoms with van der Waals surface area (Å²) < 4.78 is 55.1. The summed E-state index contributed by atoms with van der Waals surface area (Å²) in [6.45, 7) is 0. The maximum Gasteiger partial charge on any atom is 0.440 e. The number of nitrogens with one attached hydrogen (secondary N) is 2. The minimum Gasteiger partial charge on any atom is -0.314 e. The number of hydrogen-bond acceptors (Lipinski definition) is 3. The van der Waals surface area contributed by atoms with Crippen molar-refractivity contribution in [2.24, 2.45) is 0 Å². The van der Waals surface area contributed by atoms with Gasteiger partial charge in [-0.1, -0.05) is 29.8 Å². The molecule has 146 valence electrons. The van der Waals surface area contributed by atoms with Crippen molar-refractivity contribution in [2.45, 2.75) is 11.8 Å². The maximum absolute atomic E-state index is 13.8. The molecule has 2 aromatic rings. The zero-order chi connectivity index (χ0) is 20.7. The van der Waals surface area contributed by atoms with E-state index in [2.05, 4.69) is 0 Å². The van der Waals surface area contributed by atoms with Gasteiger partial charge in [0.05, 0.1) is 11.3 Å². The van der Waals surface area contributed by atoms with E-state index < -0.39 is 41.1 Å². The third-order valence-electron chi connectivity index (χ3n) is 3.93. The van der Waals surface area contributed by atoms with Crippen LogP contribution in [0.5, 0.6) is 0 Å². The van der Waals surface area contributed by atoms with Crippen LogP contribution in [-0.2, 0) is 4.79 Å². The van der Waals surface area contributed by atoms with E-state index in [-0.39, 0.29) is 15.6 Å². The first-order valence-electron chi connectivity index (χ1n) is 7.63. The first kappa shape index (κ1) is 19.6. The summed E-state index contributed by atoms with van der Waals surface area (Å²) >= 11 is 5.76. The molecule has 0 spiro atoms. The molecule has 1 fully saturated rings. The van der Waals surface area contributed by atoms with Crippen molar-refractivity contribution in [1.29, 1.82) is 0 Å². The molecular formula is C17H10ClF4N3O3. The molecule has 0 radical (unpaired) electrons. The number of rotatable bonds is 3. The van der Waals surface area contributed by atoms with Crippen molar-refractivity contribution in [3.8, 4) is 0 Å². The molecule has 0 unspecified atom stereocenters. The average molecular weight is 416 g/mol. The fraction of sp³-hybridized carbons (Fsp3) is 0.118. The second-order valence-electron chi connectivity index (χ2n) is 5.73. The lowest BCUT2D eigenvalue weighted by molar-refractivity contribution is -0.197. The number of hydrogen-bond donors (Lipinski definition) is 2. The molecule has 2 aromatic carbocycles. The van der Waals surface area contributed by atoms with E-state index in [4.69, 9.17) is 11.6 Å². The van der Waals surface area contributed by atoms with Gasteiger partial charge in [0.15, 0.2) is 0 Å². The Balaban J connectivity index is 2.03. The molecule has 4 amide bonds. The number of anilines is 1. The van der Waals surface area contributed by atoms with Crippen LogP contribution in [0.25, 0.3) is 0 Å². The third kappa shape index (κ3) is 3.15. The normalized spacial score (nSPS) is 19.5. The first-order valence-corrected chi connectivity index (χ1v) is 8.00. The average Bonchev–Trinajstić information content (AvgIpc) is 2.86. The fourth-order valence-electron chi connectivity index (χ4n) is 2.61. The summed E-state index contributed by atoms with van der Waals surface area (Å²) in [5.41, 5.74) is -4.73. The number of benzene rings is 2. The zero-order valence-corrected chi connectivity index (χ0v) is 14.4. The lowest BCUT2D eigenvalue weighted by Crippen LogP contribution is -2.69. The summed E-state index contributed by atoms with van der Waals surface area (Å²) in [6, 6.07) is 7.83. The lowest BCUT2D eigenvalue weighted by Gasteiger charge is -2.29. The quantitative estimate of drug-likeness (QED) is 0.597. The summed E-state index contributed by atoms with van der Waals surface area (Å²) in [6.07, 6.45) is -5.42. The summed E-state index contributed by atoms with van der Waals surface area (Å²) in [7, 11) is 0. The first-order chi connectivity index (χ1) is 13.1. The highest BCUT2D eigenvalue weighted by Crippen LogP contribution is 2.36. The summed E-state index contributed by atoms with van der Waals surface area (Å²) in [4.78, 5) is 37.2. The van der Waals surface area contributed by atoms with Gasteiger partial charge in [-0.3, -0.25) is 14.9 Å². The van der Waals surface area contributed by atoms with Gasteiger partial charge < -0.3 is 5.32 Å². The largest absolute Gasteiger partial charge is 0.440 e. The molecule has 0 saturated carbocycles. The van der Waals surface area contributed by atoms with Crippen molar-refractivity contribution in [2.75, 3.05) is 4.90 Å². The topological polar surface area (TPSA) is 78.5 Å². The SMILES string of the molecule is O=C(N[C@]1(C(F)(F)F)NC(=O)N(c2cccc(Cl)c2)C1=O)c1ccccc1F. The number of nitrogens with zero attached hydrogens (tertiary/aromatic N) is 1. The standard InChI is InChI=1S/C17H10ClF4N3O3/c18-9-4-3-5-10(8-9)25-14(27)16(17(20,21)22,24-15(25)28)23-13(26)11-6-1-2-7-12(11)19/h1-8H,(H,23,26)(H,24,28)/t16-/m0/s1. The van der Waals surface area contributed by atoms with Crippen molar-refractivity contribution < 1.29 is 31.9 Å². The molecule has 28 heavy (non-hydrogen) atoms. The summed E-state index contributed by atoms with van der Waals surface area (Å²) in [5, 5.41) is 2.95. The highest BCUT2D eigenvalue weighted by atomic mass is 35.5. The zero-order valence-electron chi connectivity index (χ0n) is 13.7. The van der Waals surface area contributed by atoms with Gasteiger partial charge in [0.25, 0.3) is 17.5 Å². The Hall–Kier alpha value is -3.14. The van der Waals surface area contributed by atoms with E-state index in [0.29, 0.717) is 0 Å². The van der Waals surface area contributed by atoms with Crippen LogP contribution < -0.4 is 15.5 Å². The summed E-state index contributed by atoms with van der Waals surface area (Å²) in [5.74, 6) is -4.44. The van der Waals surface area contributed by atoms with Gasteiger partial charge in [-0.15, -0.1) is 0 Å². The smallest absolute Gasteiger partial charge is 0.314 e. The van der Waals surface area contributed by atoms with Crippen LogP contribution in [0.1, 0.15) is 10.4 Å². The van der Waals surface area contributed by atoms with Gasteiger partial charge in [0.2, 0.25) is 0 Å². The lowest BCUT2D eigenvalue weighted by atomic mass is 10.1. The molecular weight excluding hydrogens is 406 g/mol. The number of urea groups is 1. The van der Waals surface area contributed by atoms with Crippen LogP contribution >= 0.6 is 11.6 Å². The van der Waals surface area contributed by atoms with Crippen molar-refractivity contribution in [3.63, 3.8) is 0 Å². The molecule has 0 aromatic heterocycles. The van der Waals surface area contributed by atoms with E-state index in [9.17, 15) is 31.9 Å². The molecule has 2 N–H and O–H groups in total. The van der Waals surface area contributed by atoms with E-state index in [1.54, 1.807) is 0 Å². The van der Waals surface area contributed by atoms with Crippen LogP contribution in [-0.4, -0.2) is 29.7 Å². The van der Waals surface area contributed by atoms with Gasteiger partial charge in [-0.05, 0) is 30.3 Å². The molecule has 1 atom stereocenters. The number of halogens is 5. The second kappa shape index (κ2) is 6.79. The van der Waals surface area contributed by atoms with Crippen molar-refractivity contribution >= 4 is 35.1 Å². The van der Waals surface area contributed by atoms with E-state index in [1.807, 2.05) is 0 Å². The third-order valence-corrected chi connectivity index (χ3v) is 4.17. The Morgan fingerprint density at radius 2 is 1.79 bits per heavy atom. The van der Waals surface area contributed by atoms with Crippen LogP contribution in [0, 0.1) is 5.82 Å². The Morgan fingerprint density at radius 1 is 1.11 bits per heavy atom. The van der Waals surface area contributed by atoms with Crippen molar-refractivity contribution in [1.82, 2.24) is 10.6 Å². The highest BCUT2D eigenvalue weighted by molar-refractivity contribution is 6.31. The Bertz CT molecular complexity index is 982. The number of amides is 4. The minimum absolute atomic E-state index is 0.0676. The molecule has 3 rings (SSSR count). The minimum atomic E-state index is -5.42. The molecule has 0 aliphatic carbocycles. The van der Waals surface area contributed by atoms with Gasteiger partial charge >= 0.3 is 12.2 Å². The van der Waals surface area contributed by atoms with Crippen molar-refractivity contribution in [3.05, 3.63) is 64.9 Å². The molecule has 1 aliphatic heterocycles. The predicted octanol–water partition coefficient (Wildman–Crippen LogP) is 3.22. The molecule has 6 nitrogen and oxygen atoms in total.